The summed E-state index contributed by atoms with van der Waals surface area (Å²) in [7, 11) is 1.51. The molecule has 1 amide bonds. The van der Waals surface area contributed by atoms with Crippen molar-refractivity contribution in [2.24, 2.45) is 0 Å². The Morgan fingerprint density at radius 3 is 2.51 bits per heavy atom. The molecule has 5 aromatic rings. The summed E-state index contributed by atoms with van der Waals surface area (Å²) >= 11 is 2.36. The molecule has 6 rings (SSSR count). The molecule has 1 N–H and O–H groups in total. The van der Waals surface area contributed by atoms with Gasteiger partial charge in [-0.3, -0.25) is 14.5 Å². The highest BCUT2D eigenvalue weighted by Crippen LogP contribution is 2.46. The number of amides is 1. The second-order valence-electron chi connectivity index (χ2n) is 11.8. The SMILES string of the molecule is CCCCOc1ccc(C2C(=C(O)c3ccc(OCc4cccc(C)c4)cc3)C(=O)C(=O)N2c2nnc(SCc3ccccc3F)s2)cc1OC. The van der Waals surface area contributed by atoms with Crippen LogP contribution in [0.2, 0.25) is 0 Å². The number of hydrogen-bond acceptors (Lipinski definition) is 10. The van der Waals surface area contributed by atoms with Crippen LogP contribution in [0.3, 0.4) is 0 Å². The molecule has 2 heterocycles. The molecule has 0 bridgehead atoms. The first kappa shape index (κ1) is 35.6. The van der Waals surface area contributed by atoms with Crippen LogP contribution in [-0.4, -0.2) is 40.7 Å². The highest BCUT2D eigenvalue weighted by Gasteiger charge is 2.48. The maximum atomic E-state index is 14.3. The fraction of sp³-hybridized carbons (Fsp3) is 0.231. The second-order valence-corrected chi connectivity index (χ2v) is 14.0. The number of thioether (sulfide) groups is 1. The summed E-state index contributed by atoms with van der Waals surface area (Å²) in [4.78, 5) is 28.9. The molecule has 1 aliphatic heterocycles. The summed E-state index contributed by atoms with van der Waals surface area (Å²) in [5.41, 5.74) is 3.34. The van der Waals surface area contributed by atoms with Crippen LogP contribution in [0.1, 0.15) is 53.6 Å². The average molecular weight is 726 g/mol. The molecule has 1 aromatic heterocycles. The lowest BCUT2D eigenvalue weighted by Crippen LogP contribution is -2.29. The number of unbranched alkanes of at least 4 members (excludes halogenated alkanes) is 1. The van der Waals surface area contributed by atoms with Gasteiger partial charge < -0.3 is 19.3 Å². The standard InChI is InChI=1S/C39H36FN3O6S2/c1-4-5-19-48-31-18-15-27(21-32(31)47-3)34-33(35(44)26-13-16-29(17-14-26)49-22-25-10-8-9-24(2)20-25)36(45)37(46)43(34)38-41-42-39(51-38)50-23-28-11-6-7-12-30(28)40/h6-18,20-21,34,44H,4-5,19,22-23H2,1-3H3. The number of halogens is 1. The lowest BCUT2D eigenvalue weighted by molar-refractivity contribution is -0.132. The molecule has 1 aliphatic rings. The van der Waals surface area contributed by atoms with E-state index in [1.54, 1.807) is 60.7 Å². The van der Waals surface area contributed by atoms with Gasteiger partial charge in [-0.05, 0) is 72.5 Å². The summed E-state index contributed by atoms with van der Waals surface area (Å²) in [6.07, 6.45) is 1.81. The van der Waals surface area contributed by atoms with Gasteiger partial charge in [0.1, 0.15) is 23.9 Å². The molecule has 51 heavy (non-hydrogen) atoms. The molecule has 1 saturated heterocycles. The number of aryl methyl sites for hydroxylation is 1. The number of carbonyl (C=O) groups excluding carboxylic acids is 2. The maximum absolute atomic E-state index is 14.3. The van der Waals surface area contributed by atoms with Crippen molar-refractivity contribution in [3.63, 3.8) is 0 Å². The van der Waals surface area contributed by atoms with E-state index in [4.69, 9.17) is 14.2 Å². The molecular weight excluding hydrogens is 690 g/mol. The average Bonchev–Trinajstić information content (AvgIpc) is 3.71. The summed E-state index contributed by atoms with van der Waals surface area (Å²) in [5, 5.41) is 20.4. The van der Waals surface area contributed by atoms with Crippen molar-refractivity contribution in [2.45, 2.75) is 49.4 Å². The van der Waals surface area contributed by atoms with Gasteiger partial charge in [-0.25, -0.2) is 4.39 Å². The number of carbonyl (C=O) groups is 2. The van der Waals surface area contributed by atoms with E-state index < -0.39 is 17.7 Å². The Bertz CT molecular complexity index is 2070. The Hall–Kier alpha value is -5.20. The summed E-state index contributed by atoms with van der Waals surface area (Å²) in [5.74, 6) is -0.653. The predicted octanol–water partition coefficient (Wildman–Crippen LogP) is 8.67. The van der Waals surface area contributed by atoms with Crippen LogP contribution in [0, 0.1) is 12.7 Å². The molecule has 0 saturated carbocycles. The van der Waals surface area contributed by atoms with Crippen LogP contribution in [0.25, 0.3) is 5.76 Å². The molecule has 1 atom stereocenters. The third kappa shape index (κ3) is 8.08. The van der Waals surface area contributed by atoms with Gasteiger partial charge in [0.2, 0.25) is 5.13 Å². The van der Waals surface area contributed by atoms with Crippen molar-refractivity contribution in [2.75, 3.05) is 18.6 Å². The zero-order chi connectivity index (χ0) is 35.9. The number of hydrogen-bond donors (Lipinski definition) is 1. The number of aliphatic hydroxyl groups excluding tert-OH is 1. The third-order valence-corrected chi connectivity index (χ3v) is 10.3. The fourth-order valence-corrected chi connectivity index (χ4v) is 7.45. The van der Waals surface area contributed by atoms with E-state index in [0.717, 1.165) is 35.3 Å². The van der Waals surface area contributed by atoms with Gasteiger partial charge in [-0.1, -0.05) is 90.5 Å². The Morgan fingerprint density at radius 1 is 0.961 bits per heavy atom. The monoisotopic (exact) mass is 725 g/mol. The van der Waals surface area contributed by atoms with Gasteiger partial charge in [0.25, 0.3) is 5.78 Å². The normalized spacial score (nSPS) is 15.3. The quantitative estimate of drug-likeness (QED) is 0.0300. The molecular formula is C39H36FN3O6S2. The van der Waals surface area contributed by atoms with Crippen molar-refractivity contribution >= 4 is 45.7 Å². The number of anilines is 1. The van der Waals surface area contributed by atoms with Gasteiger partial charge in [-0.15, -0.1) is 10.2 Å². The van der Waals surface area contributed by atoms with Crippen LogP contribution < -0.4 is 19.1 Å². The minimum atomic E-state index is -1.07. The van der Waals surface area contributed by atoms with Crippen molar-refractivity contribution in [1.82, 2.24) is 10.2 Å². The lowest BCUT2D eigenvalue weighted by atomic mass is 9.95. The van der Waals surface area contributed by atoms with Gasteiger partial charge in [0, 0.05) is 11.3 Å². The van der Waals surface area contributed by atoms with Crippen molar-refractivity contribution in [3.05, 3.63) is 130 Å². The van der Waals surface area contributed by atoms with Crippen molar-refractivity contribution in [1.29, 1.82) is 0 Å². The van der Waals surface area contributed by atoms with Crippen molar-refractivity contribution in [3.8, 4) is 17.2 Å². The summed E-state index contributed by atoms with van der Waals surface area (Å²) in [6, 6.07) is 25.2. The number of Topliss-reactive ketones (excluding diaryl/α,β-unsaturated/α-hetero) is 1. The lowest BCUT2D eigenvalue weighted by Gasteiger charge is -2.23. The number of aliphatic hydroxyl groups is 1. The van der Waals surface area contributed by atoms with Gasteiger partial charge in [0.15, 0.2) is 15.8 Å². The number of nitrogens with zero attached hydrogens (tertiary/aromatic N) is 3. The summed E-state index contributed by atoms with van der Waals surface area (Å²) in [6.45, 7) is 4.94. The molecule has 0 spiro atoms. The Labute approximate surface area is 303 Å². The van der Waals surface area contributed by atoms with Crippen LogP contribution in [0.15, 0.2) is 101 Å². The first-order valence-corrected chi connectivity index (χ1v) is 18.2. The zero-order valence-corrected chi connectivity index (χ0v) is 29.9. The van der Waals surface area contributed by atoms with Crippen LogP contribution in [0.5, 0.6) is 17.2 Å². The Kier molecular flexibility index (Phi) is 11.3. The van der Waals surface area contributed by atoms with E-state index in [2.05, 4.69) is 17.1 Å². The molecule has 1 fully saturated rings. The number of ketones is 1. The highest BCUT2D eigenvalue weighted by atomic mass is 32.2. The molecule has 262 valence electrons. The van der Waals surface area contributed by atoms with Crippen molar-refractivity contribution < 1.29 is 33.3 Å². The van der Waals surface area contributed by atoms with E-state index >= 15 is 0 Å². The molecule has 0 radical (unpaired) electrons. The van der Waals surface area contributed by atoms with E-state index in [1.165, 1.54) is 29.8 Å². The second kappa shape index (κ2) is 16.2. The van der Waals surface area contributed by atoms with E-state index in [0.29, 0.717) is 57.2 Å². The highest BCUT2D eigenvalue weighted by molar-refractivity contribution is 8.00. The smallest absolute Gasteiger partial charge is 0.301 e. The molecule has 1 unspecified atom stereocenters. The Morgan fingerprint density at radius 2 is 1.76 bits per heavy atom. The minimum Gasteiger partial charge on any atom is -0.507 e. The fourth-order valence-electron chi connectivity index (χ4n) is 5.59. The minimum absolute atomic E-state index is 0.120. The zero-order valence-electron chi connectivity index (χ0n) is 28.3. The molecule has 9 nitrogen and oxygen atoms in total. The first-order chi connectivity index (χ1) is 24.8. The third-order valence-electron chi connectivity index (χ3n) is 8.23. The predicted molar refractivity (Wildman–Crippen MR) is 196 cm³/mol. The topological polar surface area (TPSA) is 111 Å². The number of rotatable bonds is 14. The van der Waals surface area contributed by atoms with E-state index in [-0.39, 0.29) is 22.3 Å². The molecule has 12 heteroatoms. The summed E-state index contributed by atoms with van der Waals surface area (Å²) < 4.78 is 32.3. The number of methoxy groups -OCH3 is 1. The van der Waals surface area contributed by atoms with Crippen LogP contribution >= 0.6 is 23.1 Å². The van der Waals surface area contributed by atoms with Crippen LogP contribution in [0.4, 0.5) is 9.52 Å². The van der Waals surface area contributed by atoms with E-state index in [9.17, 15) is 19.1 Å². The largest absolute Gasteiger partial charge is 0.507 e. The number of aromatic nitrogens is 2. The number of benzene rings is 4. The maximum Gasteiger partial charge on any atom is 0.301 e. The Balaban J connectivity index is 1.34. The number of ether oxygens (including phenoxy) is 3. The first-order valence-electron chi connectivity index (χ1n) is 16.4. The van der Waals surface area contributed by atoms with E-state index in [1.807, 2.05) is 31.2 Å². The molecule has 0 aliphatic carbocycles. The van der Waals surface area contributed by atoms with Crippen LogP contribution in [-0.2, 0) is 21.9 Å². The van der Waals surface area contributed by atoms with Gasteiger partial charge >= 0.3 is 5.91 Å². The van der Waals surface area contributed by atoms with Gasteiger partial charge in [-0.2, -0.15) is 0 Å². The van der Waals surface area contributed by atoms with Gasteiger partial charge in [0.05, 0.1) is 25.3 Å². The molecule has 4 aromatic carbocycles.